The highest BCUT2D eigenvalue weighted by Gasteiger charge is 2.41. The zero-order valence-corrected chi connectivity index (χ0v) is 21.0. The predicted molar refractivity (Wildman–Crippen MR) is 133 cm³/mol. The topological polar surface area (TPSA) is 101 Å². The number of benzene rings is 1. The fourth-order valence-corrected chi connectivity index (χ4v) is 5.50. The lowest BCUT2D eigenvalue weighted by Gasteiger charge is -2.36. The van der Waals surface area contributed by atoms with Crippen molar-refractivity contribution in [3.63, 3.8) is 0 Å². The molecule has 1 aromatic rings. The Labute approximate surface area is 209 Å². The first-order valence-corrected chi connectivity index (χ1v) is 12.5. The first-order chi connectivity index (χ1) is 16.9. The van der Waals surface area contributed by atoms with Crippen LogP contribution in [-0.2, 0) is 19.1 Å². The molecule has 1 N–H and O–H groups in total. The van der Waals surface area contributed by atoms with Crippen LogP contribution < -0.4 is 10.1 Å². The van der Waals surface area contributed by atoms with E-state index in [1.807, 2.05) is 39.5 Å². The molecule has 0 aliphatic carbocycles. The fraction of sp³-hybridized carbons (Fsp3) is 0.440. The molecular formula is C25H30N4O5S. The molecule has 186 valence electrons. The molecular weight excluding hydrogens is 468 g/mol. The van der Waals surface area contributed by atoms with Crippen LogP contribution in [0.25, 0.3) is 0 Å². The van der Waals surface area contributed by atoms with Crippen molar-refractivity contribution in [1.29, 1.82) is 0 Å². The molecule has 0 spiro atoms. The number of carbonyl (C=O) groups excluding carboxylic acids is 3. The lowest BCUT2D eigenvalue weighted by molar-refractivity contribution is -0.136. The Morgan fingerprint density at radius 3 is 2.83 bits per heavy atom. The van der Waals surface area contributed by atoms with E-state index in [1.54, 1.807) is 14.0 Å². The zero-order valence-electron chi connectivity index (χ0n) is 20.2. The number of amides is 2. The van der Waals surface area contributed by atoms with E-state index in [1.165, 1.54) is 18.9 Å². The average Bonchev–Trinajstić information content (AvgIpc) is 3.45. The number of allylic oxidation sites excluding steroid dienone is 1. The van der Waals surface area contributed by atoms with Gasteiger partial charge >= 0.3 is 5.97 Å². The van der Waals surface area contributed by atoms with Crippen molar-refractivity contribution in [3.05, 3.63) is 52.2 Å². The summed E-state index contributed by atoms with van der Waals surface area (Å²) < 4.78 is 10.5. The number of fused-ring (bicyclic) bond motifs is 1. The fourth-order valence-electron chi connectivity index (χ4n) is 4.53. The van der Waals surface area contributed by atoms with E-state index in [4.69, 9.17) is 9.47 Å². The molecule has 4 rings (SSSR count). The summed E-state index contributed by atoms with van der Waals surface area (Å²) in [5, 5.41) is 5.56. The minimum Gasteiger partial charge on any atom is -0.497 e. The van der Waals surface area contributed by atoms with Crippen molar-refractivity contribution in [1.82, 2.24) is 15.1 Å². The van der Waals surface area contributed by atoms with Crippen molar-refractivity contribution in [3.8, 4) is 5.75 Å². The third kappa shape index (κ3) is 5.37. The molecule has 0 radical (unpaired) electrons. The second-order valence-electron chi connectivity index (χ2n) is 8.53. The molecule has 0 saturated carbocycles. The SMILES string of the molecule is COC(=O)C1=C(C)N=C2SC=C(CC(=O)NCCCN3CCCC3=O)N2[C@@H]1c1cccc(OC)c1. The third-order valence-electron chi connectivity index (χ3n) is 6.26. The summed E-state index contributed by atoms with van der Waals surface area (Å²) in [7, 11) is 2.94. The first kappa shape index (κ1) is 24.8. The molecule has 0 bridgehead atoms. The van der Waals surface area contributed by atoms with Gasteiger partial charge in [0, 0.05) is 31.8 Å². The van der Waals surface area contributed by atoms with Crippen LogP contribution in [0.3, 0.4) is 0 Å². The van der Waals surface area contributed by atoms with Crippen LogP contribution in [0.5, 0.6) is 5.75 Å². The summed E-state index contributed by atoms with van der Waals surface area (Å²) in [6.07, 6.45) is 2.38. The number of rotatable bonds is 9. The lowest BCUT2D eigenvalue weighted by Crippen LogP contribution is -2.38. The van der Waals surface area contributed by atoms with Gasteiger partial charge in [-0.15, -0.1) is 0 Å². The van der Waals surface area contributed by atoms with E-state index in [2.05, 4.69) is 10.3 Å². The quantitative estimate of drug-likeness (QED) is 0.413. The Balaban J connectivity index is 1.49. The zero-order chi connectivity index (χ0) is 24.9. The Bertz CT molecular complexity index is 1110. The number of aliphatic imine (C=N–C) groups is 1. The molecule has 1 aromatic carbocycles. The molecule has 10 heteroatoms. The van der Waals surface area contributed by atoms with Gasteiger partial charge in [0.1, 0.15) is 5.75 Å². The number of nitrogens with zero attached hydrogens (tertiary/aromatic N) is 3. The number of esters is 1. The Morgan fingerprint density at radius 2 is 2.11 bits per heavy atom. The van der Waals surface area contributed by atoms with Gasteiger partial charge in [0.15, 0.2) is 5.17 Å². The Hall–Kier alpha value is -3.27. The number of carbonyl (C=O) groups is 3. The summed E-state index contributed by atoms with van der Waals surface area (Å²) >= 11 is 1.43. The van der Waals surface area contributed by atoms with Crippen molar-refractivity contribution in [2.45, 2.75) is 38.6 Å². The number of thioether (sulfide) groups is 1. The van der Waals surface area contributed by atoms with Crippen LogP contribution in [0.2, 0.25) is 0 Å². The monoisotopic (exact) mass is 498 g/mol. The van der Waals surface area contributed by atoms with Gasteiger partial charge in [-0.1, -0.05) is 23.9 Å². The van der Waals surface area contributed by atoms with E-state index < -0.39 is 12.0 Å². The van der Waals surface area contributed by atoms with E-state index >= 15 is 0 Å². The summed E-state index contributed by atoms with van der Waals surface area (Å²) in [6.45, 7) is 3.75. The van der Waals surface area contributed by atoms with Crippen LogP contribution in [0, 0.1) is 0 Å². The van der Waals surface area contributed by atoms with Gasteiger partial charge in [-0.25, -0.2) is 9.79 Å². The third-order valence-corrected chi connectivity index (χ3v) is 7.14. The normalized spacial score (nSPS) is 19.4. The van der Waals surface area contributed by atoms with Crippen LogP contribution in [0.15, 0.2) is 51.6 Å². The molecule has 1 atom stereocenters. The number of amidine groups is 1. The van der Waals surface area contributed by atoms with Crippen molar-refractivity contribution < 1.29 is 23.9 Å². The standard InChI is InChI=1S/C25H30N4O5S/c1-16-22(24(32)34-3)23(17-7-4-8-19(13-17)33-2)29-18(15-35-25(29)27-16)14-20(30)26-10-6-12-28-11-5-9-21(28)31/h4,7-8,13,15,23H,5-6,9-12,14H2,1-3H3,(H,26,30)/t23-/m1/s1. The maximum absolute atomic E-state index is 12.8. The molecule has 0 aromatic heterocycles. The van der Waals surface area contributed by atoms with Crippen LogP contribution in [0.4, 0.5) is 0 Å². The molecule has 9 nitrogen and oxygen atoms in total. The summed E-state index contributed by atoms with van der Waals surface area (Å²) in [6, 6.07) is 7.01. The second-order valence-corrected chi connectivity index (χ2v) is 9.36. The van der Waals surface area contributed by atoms with Crippen molar-refractivity contribution in [2.24, 2.45) is 4.99 Å². The highest BCUT2D eigenvalue weighted by atomic mass is 32.2. The first-order valence-electron chi connectivity index (χ1n) is 11.6. The Kier molecular flexibility index (Phi) is 7.80. The van der Waals surface area contributed by atoms with Gasteiger partial charge in [-0.2, -0.15) is 0 Å². The van der Waals surface area contributed by atoms with Gasteiger partial charge in [-0.05, 0) is 42.9 Å². The van der Waals surface area contributed by atoms with E-state index in [-0.39, 0.29) is 18.2 Å². The molecule has 1 saturated heterocycles. The van der Waals surface area contributed by atoms with E-state index in [0.29, 0.717) is 48.1 Å². The number of hydrogen-bond donors (Lipinski definition) is 1. The molecule has 2 amide bonds. The lowest BCUT2D eigenvalue weighted by atomic mass is 9.93. The van der Waals surface area contributed by atoms with Gasteiger partial charge in [0.2, 0.25) is 11.8 Å². The van der Waals surface area contributed by atoms with Gasteiger partial charge in [0.25, 0.3) is 0 Å². The van der Waals surface area contributed by atoms with Crippen molar-refractivity contribution in [2.75, 3.05) is 33.9 Å². The molecule has 3 heterocycles. The second kappa shape index (κ2) is 11.0. The smallest absolute Gasteiger partial charge is 0.338 e. The van der Waals surface area contributed by atoms with Crippen LogP contribution in [0.1, 0.15) is 44.2 Å². The summed E-state index contributed by atoms with van der Waals surface area (Å²) in [4.78, 5) is 45.7. The molecule has 3 aliphatic rings. The largest absolute Gasteiger partial charge is 0.497 e. The van der Waals surface area contributed by atoms with E-state index in [0.717, 1.165) is 24.2 Å². The number of hydrogen-bond acceptors (Lipinski definition) is 8. The van der Waals surface area contributed by atoms with Gasteiger partial charge < -0.3 is 24.6 Å². The maximum atomic E-state index is 12.8. The molecule has 35 heavy (non-hydrogen) atoms. The molecule has 1 fully saturated rings. The average molecular weight is 499 g/mol. The van der Waals surface area contributed by atoms with E-state index in [9.17, 15) is 14.4 Å². The van der Waals surface area contributed by atoms with Crippen LogP contribution >= 0.6 is 11.8 Å². The van der Waals surface area contributed by atoms with Gasteiger partial charge in [0.05, 0.1) is 38.0 Å². The Morgan fingerprint density at radius 1 is 1.29 bits per heavy atom. The van der Waals surface area contributed by atoms with Gasteiger partial charge in [-0.3, -0.25) is 9.59 Å². The highest BCUT2D eigenvalue weighted by Crippen LogP contribution is 2.45. The molecule has 0 unspecified atom stereocenters. The highest BCUT2D eigenvalue weighted by molar-refractivity contribution is 8.16. The number of methoxy groups -OCH3 is 2. The minimum absolute atomic E-state index is 0.124. The predicted octanol–water partition coefficient (Wildman–Crippen LogP) is 2.96. The summed E-state index contributed by atoms with van der Waals surface area (Å²) in [5.41, 5.74) is 2.59. The minimum atomic E-state index is -0.500. The van der Waals surface area contributed by atoms with Crippen molar-refractivity contribution >= 4 is 34.7 Å². The number of ether oxygens (including phenoxy) is 2. The van der Waals surface area contributed by atoms with Crippen LogP contribution in [-0.4, -0.2) is 66.6 Å². The number of nitrogens with one attached hydrogen (secondary N) is 1. The maximum Gasteiger partial charge on any atom is 0.338 e. The summed E-state index contributed by atoms with van der Waals surface area (Å²) in [5.74, 6) is 0.270. The number of likely N-dealkylation sites (tertiary alicyclic amines) is 1. The molecule has 3 aliphatic heterocycles.